The summed E-state index contributed by atoms with van der Waals surface area (Å²) in [6.07, 6.45) is 3.87. The molecule has 0 nitrogen and oxygen atoms in total. The summed E-state index contributed by atoms with van der Waals surface area (Å²) >= 11 is 11.4. The molecule has 0 unspecified atom stereocenters. The maximum Gasteiger partial charge on any atom is 0.0545 e. The van der Waals surface area contributed by atoms with Crippen LogP contribution in [0.1, 0.15) is 17.7 Å². The van der Waals surface area contributed by atoms with Gasteiger partial charge in [0.15, 0.2) is 0 Å². The molecule has 3 heteroatoms. The van der Waals surface area contributed by atoms with Crippen LogP contribution in [0.2, 0.25) is 5.02 Å². The van der Waals surface area contributed by atoms with Crippen molar-refractivity contribution in [3.8, 4) is 0 Å². The van der Waals surface area contributed by atoms with E-state index < -0.39 is 0 Å². The molecule has 0 saturated heterocycles. The van der Waals surface area contributed by atoms with E-state index >= 15 is 0 Å². The summed E-state index contributed by atoms with van der Waals surface area (Å²) in [7, 11) is 0. The Labute approximate surface area is 90.1 Å². The van der Waals surface area contributed by atoms with Gasteiger partial charge in [0.05, 0.1) is 5.02 Å². The van der Waals surface area contributed by atoms with Gasteiger partial charge in [-0.05, 0) is 36.1 Å². The maximum atomic E-state index is 6.03. The van der Waals surface area contributed by atoms with Gasteiger partial charge >= 0.3 is 0 Å². The number of rotatable bonds is 3. The van der Waals surface area contributed by atoms with Crippen molar-refractivity contribution in [2.75, 3.05) is 5.33 Å². The van der Waals surface area contributed by atoms with E-state index in [9.17, 15) is 0 Å². The molecule has 1 saturated carbocycles. The third-order valence-corrected chi connectivity index (χ3v) is 5.04. The highest BCUT2D eigenvalue weighted by atomic mass is 79.9. The molecule has 66 valence electrons. The Morgan fingerprint density at radius 2 is 2.33 bits per heavy atom. The Morgan fingerprint density at radius 3 is 2.75 bits per heavy atom. The van der Waals surface area contributed by atoms with Gasteiger partial charge < -0.3 is 0 Å². The fourth-order valence-corrected chi connectivity index (χ4v) is 3.36. The smallest absolute Gasteiger partial charge is 0.0545 e. The number of hydrogen-bond donors (Lipinski definition) is 0. The van der Waals surface area contributed by atoms with Crippen molar-refractivity contribution in [3.63, 3.8) is 0 Å². The first kappa shape index (κ1) is 9.04. The van der Waals surface area contributed by atoms with Crippen molar-refractivity contribution in [2.24, 2.45) is 5.41 Å². The molecule has 0 aromatic carbocycles. The highest BCUT2D eigenvalue weighted by molar-refractivity contribution is 9.09. The van der Waals surface area contributed by atoms with Crippen LogP contribution < -0.4 is 0 Å². The predicted molar refractivity (Wildman–Crippen MR) is 58.5 cm³/mol. The molecule has 0 aliphatic heterocycles. The van der Waals surface area contributed by atoms with E-state index in [1.807, 2.05) is 6.07 Å². The largest absolute Gasteiger partial charge is 0.147 e. The summed E-state index contributed by atoms with van der Waals surface area (Å²) in [6.45, 7) is 0. The Bertz CT molecular complexity index is 278. The Kier molecular flexibility index (Phi) is 2.50. The highest BCUT2D eigenvalue weighted by Crippen LogP contribution is 2.50. The van der Waals surface area contributed by atoms with Crippen molar-refractivity contribution in [2.45, 2.75) is 19.3 Å². The lowest BCUT2D eigenvalue weighted by atomic mass is 10.1. The maximum absolute atomic E-state index is 6.03. The van der Waals surface area contributed by atoms with E-state index in [-0.39, 0.29) is 0 Å². The first-order valence-corrected chi connectivity index (χ1v) is 6.41. The summed E-state index contributed by atoms with van der Waals surface area (Å²) < 4.78 is 0. The third-order valence-electron chi connectivity index (χ3n) is 2.47. The van der Waals surface area contributed by atoms with E-state index in [0.717, 1.165) is 16.8 Å². The predicted octanol–water partition coefficient (Wildman–Crippen LogP) is 4.12. The molecule has 0 amide bonds. The first-order chi connectivity index (χ1) is 5.76. The van der Waals surface area contributed by atoms with E-state index in [1.54, 1.807) is 11.3 Å². The van der Waals surface area contributed by atoms with Crippen LogP contribution in [-0.2, 0) is 6.42 Å². The minimum Gasteiger partial charge on any atom is -0.147 e. The van der Waals surface area contributed by atoms with E-state index in [2.05, 4.69) is 21.3 Å². The fraction of sp³-hybridized carbons (Fsp3) is 0.556. The highest BCUT2D eigenvalue weighted by Gasteiger charge is 2.41. The summed E-state index contributed by atoms with van der Waals surface area (Å²) in [4.78, 5) is 1.36. The van der Waals surface area contributed by atoms with E-state index in [1.165, 1.54) is 17.7 Å². The normalized spacial score (nSPS) is 19.5. The molecule has 1 fully saturated rings. The summed E-state index contributed by atoms with van der Waals surface area (Å²) in [6, 6.07) is 1.99. The van der Waals surface area contributed by atoms with Gasteiger partial charge in [0.1, 0.15) is 0 Å². The SMILES string of the molecule is Clc1ccsc1CC1(CBr)CC1. The second-order valence-electron chi connectivity index (χ2n) is 3.50. The van der Waals surface area contributed by atoms with Crippen molar-refractivity contribution in [1.29, 1.82) is 0 Å². The zero-order chi connectivity index (χ0) is 8.60. The van der Waals surface area contributed by atoms with Gasteiger partial charge in [0, 0.05) is 10.2 Å². The molecule has 0 atom stereocenters. The average Bonchev–Trinajstić information content (AvgIpc) is 2.74. The van der Waals surface area contributed by atoms with E-state index in [0.29, 0.717) is 5.41 Å². The molecule has 0 radical (unpaired) electrons. The van der Waals surface area contributed by atoms with Crippen molar-refractivity contribution < 1.29 is 0 Å². The number of halogens is 2. The molecule has 1 aromatic heterocycles. The van der Waals surface area contributed by atoms with Gasteiger partial charge in [-0.1, -0.05) is 27.5 Å². The quantitative estimate of drug-likeness (QED) is 0.721. The second-order valence-corrected chi connectivity index (χ2v) is 5.47. The lowest BCUT2D eigenvalue weighted by Crippen LogP contribution is -2.04. The number of hydrogen-bond acceptors (Lipinski definition) is 1. The fourth-order valence-electron chi connectivity index (χ4n) is 1.33. The van der Waals surface area contributed by atoms with Crippen molar-refractivity contribution in [1.82, 2.24) is 0 Å². The molecule has 1 aromatic rings. The monoisotopic (exact) mass is 264 g/mol. The number of thiophene rings is 1. The van der Waals surface area contributed by atoms with Gasteiger partial charge in [-0.15, -0.1) is 11.3 Å². The van der Waals surface area contributed by atoms with Crippen LogP contribution in [-0.4, -0.2) is 5.33 Å². The zero-order valence-electron chi connectivity index (χ0n) is 6.65. The topological polar surface area (TPSA) is 0 Å². The molecule has 0 bridgehead atoms. The molecule has 2 rings (SSSR count). The van der Waals surface area contributed by atoms with Crippen LogP contribution in [0.5, 0.6) is 0 Å². The van der Waals surface area contributed by atoms with Crippen LogP contribution in [0.15, 0.2) is 11.4 Å². The number of alkyl halides is 1. The van der Waals surface area contributed by atoms with Gasteiger partial charge in [-0.2, -0.15) is 0 Å². The molecule has 0 N–H and O–H groups in total. The summed E-state index contributed by atoms with van der Waals surface area (Å²) in [5.41, 5.74) is 0.550. The molecular formula is C9H10BrClS. The minimum absolute atomic E-state index is 0.550. The lowest BCUT2D eigenvalue weighted by molar-refractivity contribution is 0.592. The van der Waals surface area contributed by atoms with Gasteiger partial charge in [0.2, 0.25) is 0 Å². The molecular weight excluding hydrogens is 256 g/mol. The molecule has 1 aliphatic carbocycles. The van der Waals surface area contributed by atoms with Crippen LogP contribution in [0, 0.1) is 5.41 Å². The van der Waals surface area contributed by atoms with Crippen molar-refractivity contribution >= 4 is 38.9 Å². The third kappa shape index (κ3) is 1.70. The van der Waals surface area contributed by atoms with Crippen LogP contribution in [0.4, 0.5) is 0 Å². The second kappa shape index (κ2) is 3.32. The van der Waals surface area contributed by atoms with Gasteiger partial charge in [-0.25, -0.2) is 0 Å². The Morgan fingerprint density at radius 1 is 1.58 bits per heavy atom. The summed E-state index contributed by atoms with van der Waals surface area (Å²) in [5.74, 6) is 0. The lowest BCUT2D eigenvalue weighted by Gasteiger charge is -2.09. The molecule has 1 aliphatic rings. The molecule has 1 heterocycles. The first-order valence-electron chi connectivity index (χ1n) is 4.04. The van der Waals surface area contributed by atoms with Gasteiger partial charge in [0.25, 0.3) is 0 Å². The molecule has 12 heavy (non-hydrogen) atoms. The Balaban J connectivity index is 2.08. The molecule has 0 spiro atoms. The standard InChI is InChI=1S/C9H10BrClS/c10-6-9(2-3-9)5-8-7(11)1-4-12-8/h1,4H,2-3,5-6H2. The van der Waals surface area contributed by atoms with E-state index in [4.69, 9.17) is 11.6 Å². The minimum atomic E-state index is 0.550. The average molecular weight is 266 g/mol. The Hall–Kier alpha value is 0.470. The summed E-state index contributed by atoms with van der Waals surface area (Å²) in [5, 5.41) is 4.14. The van der Waals surface area contributed by atoms with Crippen LogP contribution in [0.3, 0.4) is 0 Å². The van der Waals surface area contributed by atoms with Crippen LogP contribution in [0.25, 0.3) is 0 Å². The van der Waals surface area contributed by atoms with Gasteiger partial charge in [-0.3, -0.25) is 0 Å². The van der Waals surface area contributed by atoms with Crippen molar-refractivity contribution in [3.05, 3.63) is 21.3 Å². The van der Waals surface area contributed by atoms with Crippen LogP contribution >= 0.6 is 38.9 Å². The zero-order valence-corrected chi connectivity index (χ0v) is 9.81.